The highest BCUT2D eigenvalue weighted by Gasteiger charge is 2.32. The molecule has 1 aliphatic heterocycles. The number of nitrogens with zero attached hydrogens (tertiary/aromatic N) is 4. The van der Waals surface area contributed by atoms with Crippen LogP contribution in [0.2, 0.25) is 0 Å². The van der Waals surface area contributed by atoms with Crippen molar-refractivity contribution in [2.45, 2.75) is 12.8 Å². The van der Waals surface area contributed by atoms with Gasteiger partial charge in [0.05, 0.1) is 37.0 Å². The number of aliphatic imine (C=N–C) groups is 1. The van der Waals surface area contributed by atoms with Gasteiger partial charge in [-0.2, -0.15) is 15.8 Å². The van der Waals surface area contributed by atoms with Gasteiger partial charge in [-0.1, -0.05) is 6.08 Å². The molecule has 138 valence electrons. The predicted octanol–water partition coefficient (Wildman–Crippen LogP) is 3.46. The number of hydrogen-bond donors (Lipinski definition) is 1. The van der Waals surface area contributed by atoms with E-state index in [4.69, 9.17) is 24.4 Å². The number of rotatable bonds is 3. The molecule has 2 aromatic rings. The van der Waals surface area contributed by atoms with Gasteiger partial charge in [0, 0.05) is 11.6 Å². The fraction of sp³-hybridized carbons (Fsp3) is 0.200. The quantitative estimate of drug-likeness (QED) is 0.812. The van der Waals surface area contributed by atoms with E-state index in [-0.39, 0.29) is 28.3 Å². The average molecular weight is 374 g/mol. The van der Waals surface area contributed by atoms with Crippen molar-refractivity contribution in [2.24, 2.45) is 4.99 Å². The van der Waals surface area contributed by atoms with Gasteiger partial charge in [0.25, 0.3) is 0 Å². The van der Waals surface area contributed by atoms with E-state index in [0.717, 1.165) is 0 Å². The van der Waals surface area contributed by atoms with E-state index in [1.165, 1.54) is 26.6 Å². The number of dihydropyridines is 1. The van der Waals surface area contributed by atoms with Crippen molar-refractivity contribution in [1.82, 2.24) is 0 Å². The zero-order valence-corrected chi connectivity index (χ0v) is 15.3. The molecule has 2 heterocycles. The summed E-state index contributed by atoms with van der Waals surface area (Å²) < 4.78 is 16.2. The average Bonchev–Trinajstić information content (AvgIpc) is 3.18. The maximum atomic E-state index is 10.9. The number of phenolic OH excluding ortho intramolecular Hbond substituents is 1. The lowest BCUT2D eigenvalue weighted by molar-refractivity contribution is 0.361. The third-order valence-electron chi connectivity index (χ3n) is 4.46. The molecule has 0 spiro atoms. The molecule has 0 bridgehead atoms. The summed E-state index contributed by atoms with van der Waals surface area (Å²) in [5.74, 6) is -0.363. The zero-order chi connectivity index (χ0) is 20.4. The summed E-state index contributed by atoms with van der Waals surface area (Å²) in [6, 6.07) is 7.14. The van der Waals surface area contributed by atoms with Crippen molar-refractivity contribution in [3.05, 3.63) is 40.8 Å². The second-order valence-corrected chi connectivity index (χ2v) is 5.86. The van der Waals surface area contributed by atoms with Crippen molar-refractivity contribution >= 4 is 16.7 Å². The first-order valence-electron chi connectivity index (χ1n) is 8.08. The third kappa shape index (κ3) is 2.63. The van der Waals surface area contributed by atoms with Gasteiger partial charge in [0.2, 0.25) is 5.75 Å². The molecule has 0 saturated carbocycles. The number of hydrogen-bond acceptors (Lipinski definition) is 8. The van der Waals surface area contributed by atoms with Crippen LogP contribution in [0.5, 0.6) is 17.2 Å². The van der Waals surface area contributed by atoms with Crippen LogP contribution >= 0.6 is 0 Å². The lowest BCUT2D eigenvalue weighted by atomic mass is 9.86. The van der Waals surface area contributed by atoms with Crippen LogP contribution in [-0.4, -0.2) is 25.0 Å². The Morgan fingerprint density at radius 2 is 1.86 bits per heavy atom. The van der Waals surface area contributed by atoms with Crippen molar-refractivity contribution in [2.75, 3.05) is 14.2 Å². The summed E-state index contributed by atoms with van der Waals surface area (Å²) in [5.41, 5.74) is 0.946. The number of methoxy groups -OCH3 is 2. The molecule has 0 amide bonds. The van der Waals surface area contributed by atoms with E-state index >= 15 is 0 Å². The van der Waals surface area contributed by atoms with Gasteiger partial charge in [-0.25, -0.2) is 0 Å². The Hall–Kier alpha value is -4.22. The highest BCUT2D eigenvalue weighted by molar-refractivity contribution is 6.00. The lowest BCUT2D eigenvalue weighted by Gasteiger charge is -2.23. The fourth-order valence-electron chi connectivity index (χ4n) is 3.22. The number of ether oxygens (including phenoxy) is 2. The summed E-state index contributed by atoms with van der Waals surface area (Å²) in [6.45, 7) is 1.67. The number of aromatic hydroxyl groups is 1. The van der Waals surface area contributed by atoms with Crippen molar-refractivity contribution in [3.8, 4) is 35.5 Å². The smallest absolute Gasteiger partial charge is 0.204 e. The summed E-state index contributed by atoms with van der Waals surface area (Å²) in [7, 11) is 2.86. The van der Waals surface area contributed by atoms with Gasteiger partial charge in [-0.3, -0.25) is 4.99 Å². The Balaban J connectivity index is 2.34. The van der Waals surface area contributed by atoms with Crippen LogP contribution in [-0.2, 0) is 0 Å². The van der Waals surface area contributed by atoms with E-state index in [0.29, 0.717) is 28.0 Å². The minimum absolute atomic E-state index is 0.0102. The second-order valence-electron chi connectivity index (χ2n) is 5.86. The van der Waals surface area contributed by atoms with E-state index < -0.39 is 5.92 Å². The molecule has 1 aromatic heterocycles. The fourth-order valence-corrected chi connectivity index (χ4v) is 3.22. The van der Waals surface area contributed by atoms with Crippen LogP contribution in [0.4, 0.5) is 0 Å². The van der Waals surface area contributed by atoms with E-state index in [1.54, 1.807) is 25.1 Å². The molecule has 0 saturated heterocycles. The van der Waals surface area contributed by atoms with E-state index in [2.05, 4.69) is 4.99 Å². The van der Waals surface area contributed by atoms with Crippen molar-refractivity contribution < 1.29 is 19.0 Å². The number of benzene rings is 1. The second kappa shape index (κ2) is 7.19. The standard InChI is InChI=1S/C20H14N4O4/c1-10-14(6-11(7-21)16(24-10)12(8-22)9-23)15-17(25)20(27-3)19-13(4-5-28-19)18(15)26-2/h4-6,14,25H,1-3H3. The van der Waals surface area contributed by atoms with Crippen molar-refractivity contribution in [3.63, 3.8) is 0 Å². The molecule has 1 N–H and O–H groups in total. The molecule has 1 aromatic carbocycles. The highest BCUT2D eigenvalue weighted by atomic mass is 16.5. The van der Waals surface area contributed by atoms with Gasteiger partial charge in [-0.05, 0) is 13.0 Å². The van der Waals surface area contributed by atoms with E-state index in [9.17, 15) is 10.4 Å². The summed E-state index contributed by atoms with van der Waals surface area (Å²) in [4.78, 5) is 4.30. The van der Waals surface area contributed by atoms with Crippen LogP contribution in [0.1, 0.15) is 18.4 Å². The first-order chi connectivity index (χ1) is 13.5. The number of nitriles is 3. The molecule has 8 nitrogen and oxygen atoms in total. The van der Waals surface area contributed by atoms with Gasteiger partial charge in [-0.15, -0.1) is 0 Å². The monoisotopic (exact) mass is 374 g/mol. The molecule has 1 aliphatic rings. The van der Waals surface area contributed by atoms with Crippen LogP contribution in [0.3, 0.4) is 0 Å². The number of furan rings is 1. The molecular formula is C20H14N4O4. The topological polar surface area (TPSA) is 136 Å². The van der Waals surface area contributed by atoms with Crippen LogP contribution in [0.15, 0.2) is 44.7 Å². The Kier molecular flexibility index (Phi) is 4.76. The Morgan fingerprint density at radius 1 is 1.18 bits per heavy atom. The first-order valence-corrected chi connectivity index (χ1v) is 8.08. The molecule has 0 fully saturated rings. The molecule has 28 heavy (non-hydrogen) atoms. The van der Waals surface area contributed by atoms with Crippen LogP contribution < -0.4 is 9.47 Å². The van der Waals surface area contributed by atoms with E-state index in [1.807, 2.05) is 6.07 Å². The Bertz CT molecular complexity index is 1180. The maximum Gasteiger partial charge on any atom is 0.204 e. The number of allylic oxidation sites excluding steroid dienone is 3. The normalized spacial score (nSPS) is 15.7. The summed E-state index contributed by atoms with van der Waals surface area (Å²) >= 11 is 0. The lowest BCUT2D eigenvalue weighted by Crippen LogP contribution is -2.15. The minimum Gasteiger partial charge on any atom is -0.504 e. The molecule has 3 rings (SSSR count). The molecule has 0 radical (unpaired) electrons. The molecule has 8 heteroatoms. The maximum absolute atomic E-state index is 10.9. The Labute approximate surface area is 160 Å². The number of fused-ring (bicyclic) bond motifs is 1. The first kappa shape index (κ1) is 18.6. The third-order valence-corrected chi connectivity index (χ3v) is 4.46. The largest absolute Gasteiger partial charge is 0.504 e. The molecular weight excluding hydrogens is 360 g/mol. The van der Waals surface area contributed by atoms with Gasteiger partial charge in [0.15, 0.2) is 16.9 Å². The molecule has 1 unspecified atom stereocenters. The summed E-state index contributed by atoms with van der Waals surface area (Å²) in [5, 5.41) is 39.2. The van der Waals surface area contributed by atoms with Gasteiger partial charge < -0.3 is 19.0 Å². The van der Waals surface area contributed by atoms with Crippen LogP contribution in [0.25, 0.3) is 11.0 Å². The number of phenols is 1. The minimum atomic E-state index is -0.639. The predicted molar refractivity (Wildman–Crippen MR) is 98.8 cm³/mol. The van der Waals surface area contributed by atoms with Gasteiger partial charge >= 0.3 is 0 Å². The zero-order valence-electron chi connectivity index (χ0n) is 15.3. The van der Waals surface area contributed by atoms with Gasteiger partial charge in [0.1, 0.15) is 29.7 Å². The SMILES string of the molecule is COc1c(C2C=C(C#N)C(=C(C#N)C#N)N=C2C)c(O)c(OC)c2occc12. The van der Waals surface area contributed by atoms with Crippen molar-refractivity contribution in [1.29, 1.82) is 15.8 Å². The molecule has 1 atom stereocenters. The van der Waals surface area contributed by atoms with Crippen LogP contribution in [0, 0.1) is 34.0 Å². The Morgan fingerprint density at radius 3 is 2.43 bits per heavy atom. The highest BCUT2D eigenvalue weighted by Crippen LogP contribution is 2.50. The summed E-state index contributed by atoms with van der Waals surface area (Å²) in [6.07, 6.45) is 2.99. The molecule has 0 aliphatic carbocycles.